The first kappa shape index (κ1) is 18.7. The van der Waals surface area contributed by atoms with E-state index in [9.17, 15) is 4.79 Å². The quantitative estimate of drug-likeness (QED) is 0.746. The predicted molar refractivity (Wildman–Crippen MR) is 102 cm³/mol. The summed E-state index contributed by atoms with van der Waals surface area (Å²) in [4.78, 5) is 14.6. The first-order valence-corrected chi connectivity index (χ1v) is 9.81. The summed E-state index contributed by atoms with van der Waals surface area (Å²) >= 11 is 1.44. The lowest BCUT2D eigenvalue weighted by Gasteiger charge is -2.27. The average Bonchev–Trinajstić information content (AvgIpc) is 3.10. The summed E-state index contributed by atoms with van der Waals surface area (Å²) in [6.07, 6.45) is 0. The van der Waals surface area contributed by atoms with Crippen molar-refractivity contribution < 1.29 is 9.53 Å². The molecule has 1 unspecified atom stereocenters. The number of nitrogens with one attached hydrogen (secondary N) is 1. The van der Waals surface area contributed by atoms with Crippen LogP contribution >= 0.6 is 11.8 Å². The Hall–Kier alpha value is -2.06. The van der Waals surface area contributed by atoms with Gasteiger partial charge in [-0.25, -0.2) is 0 Å². The molecule has 0 bridgehead atoms. The van der Waals surface area contributed by atoms with Crippen molar-refractivity contribution in [1.82, 2.24) is 20.1 Å². The molecule has 1 aliphatic heterocycles. The van der Waals surface area contributed by atoms with E-state index in [0.717, 1.165) is 36.3 Å². The molecule has 0 radical (unpaired) electrons. The van der Waals surface area contributed by atoms with Crippen molar-refractivity contribution in [2.45, 2.75) is 37.3 Å². The topological polar surface area (TPSA) is 72.3 Å². The Balaban J connectivity index is 1.60. The summed E-state index contributed by atoms with van der Waals surface area (Å²) in [5.41, 5.74) is 1.09. The number of carbonyl (C=O) groups is 1. The number of hydrogen-bond acceptors (Lipinski definition) is 6. The smallest absolute Gasteiger partial charge is 0.233 e. The number of ether oxygens (including phenoxy) is 1. The number of aromatic nitrogens is 3. The maximum Gasteiger partial charge on any atom is 0.233 e. The molecule has 2 heterocycles. The first-order chi connectivity index (χ1) is 12.7. The van der Waals surface area contributed by atoms with Crippen LogP contribution in [-0.4, -0.2) is 52.2 Å². The molecule has 1 fully saturated rings. The highest BCUT2D eigenvalue weighted by Gasteiger charge is 2.23. The van der Waals surface area contributed by atoms with Crippen molar-refractivity contribution >= 4 is 23.6 Å². The highest BCUT2D eigenvalue weighted by molar-refractivity contribution is 8.00. The number of anilines is 1. The number of morpholine rings is 1. The minimum absolute atomic E-state index is 0.00238. The summed E-state index contributed by atoms with van der Waals surface area (Å²) in [5, 5.41) is 12.2. The Morgan fingerprint density at radius 3 is 2.69 bits per heavy atom. The standard InChI is InChI=1S/C18H25N5O2S/c1-3-23-17(22-9-11-25-12-10-22)20-21-18(23)26-14(2)16(24)19-13-15-7-5-4-6-8-15/h4-8,14H,3,9-13H2,1-2H3,(H,19,24). The van der Waals surface area contributed by atoms with E-state index in [2.05, 4.69) is 31.9 Å². The second-order valence-electron chi connectivity index (χ2n) is 6.09. The van der Waals surface area contributed by atoms with Gasteiger partial charge in [-0.3, -0.25) is 9.36 Å². The lowest BCUT2D eigenvalue weighted by Crippen LogP contribution is -2.38. The Labute approximate surface area is 158 Å². The van der Waals surface area contributed by atoms with Crippen molar-refractivity contribution in [3.05, 3.63) is 35.9 Å². The molecule has 0 spiro atoms. The van der Waals surface area contributed by atoms with Gasteiger partial charge in [-0.2, -0.15) is 0 Å². The monoisotopic (exact) mass is 375 g/mol. The van der Waals surface area contributed by atoms with E-state index >= 15 is 0 Å². The Bertz CT molecular complexity index is 716. The maximum absolute atomic E-state index is 12.4. The summed E-state index contributed by atoms with van der Waals surface area (Å²) in [5.74, 6) is 0.854. The fourth-order valence-electron chi connectivity index (χ4n) is 2.78. The van der Waals surface area contributed by atoms with E-state index in [-0.39, 0.29) is 11.2 Å². The molecule has 3 rings (SSSR count). The van der Waals surface area contributed by atoms with Gasteiger partial charge in [0, 0.05) is 26.2 Å². The van der Waals surface area contributed by atoms with Crippen LogP contribution in [0.5, 0.6) is 0 Å². The largest absolute Gasteiger partial charge is 0.378 e. The SMILES string of the molecule is CCn1c(SC(C)C(=O)NCc2ccccc2)nnc1N1CCOCC1. The van der Waals surface area contributed by atoms with E-state index in [4.69, 9.17) is 4.74 Å². The van der Waals surface area contributed by atoms with Crippen molar-refractivity contribution in [3.8, 4) is 0 Å². The fraction of sp³-hybridized carbons (Fsp3) is 0.500. The number of amides is 1. The van der Waals surface area contributed by atoms with Gasteiger partial charge in [-0.05, 0) is 19.4 Å². The van der Waals surface area contributed by atoms with Gasteiger partial charge in [0.05, 0.1) is 18.5 Å². The van der Waals surface area contributed by atoms with Crippen molar-refractivity contribution in [1.29, 1.82) is 0 Å². The van der Waals surface area contributed by atoms with Gasteiger partial charge in [0.25, 0.3) is 0 Å². The average molecular weight is 375 g/mol. The highest BCUT2D eigenvalue weighted by Crippen LogP contribution is 2.26. The van der Waals surface area contributed by atoms with Crippen LogP contribution in [0.2, 0.25) is 0 Å². The zero-order valence-corrected chi connectivity index (χ0v) is 16.0. The van der Waals surface area contributed by atoms with Crippen LogP contribution in [0, 0.1) is 0 Å². The minimum atomic E-state index is -0.245. The lowest BCUT2D eigenvalue weighted by atomic mass is 10.2. The molecule has 1 N–H and O–H groups in total. The molecule has 8 heteroatoms. The number of hydrogen-bond donors (Lipinski definition) is 1. The van der Waals surface area contributed by atoms with Crippen molar-refractivity contribution in [2.24, 2.45) is 0 Å². The first-order valence-electron chi connectivity index (χ1n) is 8.93. The van der Waals surface area contributed by atoms with Gasteiger partial charge < -0.3 is 15.0 Å². The van der Waals surface area contributed by atoms with Crippen LogP contribution in [0.25, 0.3) is 0 Å². The maximum atomic E-state index is 12.4. The second kappa shape index (κ2) is 9.05. The highest BCUT2D eigenvalue weighted by atomic mass is 32.2. The van der Waals surface area contributed by atoms with Crippen LogP contribution in [-0.2, 0) is 22.6 Å². The van der Waals surface area contributed by atoms with Gasteiger partial charge in [-0.15, -0.1) is 10.2 Å². The molecule has 0 saturated carbocycles. The number of thioether (sulfide) groups is 1. The number of benzene rings is 1. The molecule has 1 atom stereocenters. The Morgan fingerprint density at radius 1 is 1.27 bits per heavy atom. The molecule has 2 aromatic rings. The number of carbonyl (C=O) groups excluding carboxylic acids is 1. The van der Waals surface area contributed by atoms with Crippen LogP contribution < -0.4 is 10.2 Å². The molecule has 0 aliphatic carbocycles. The third-order valence-electron chi connectivity index (χ3n) is 4.27. The number of rotatable bonds is 7. The second-order valence-corrected chi connectivity index (χ2v) is 7.40. The number of nitrogens with zero attached hydrogens (tertiary/aromatic N) is 4. The molecule has 1 aromatic carbocycles. The van der Waals surface area contributed by atoms with Gasteiger partial charge in [0.15, 0.2) is 5.16 Å². The molecule has 1 aliphatic rings. The molecule has 1 amide bonds. The zero-order chi connectivity index (χ0) is 18.4. The zero-order valence-electron chi connectivity index (χ0n) is 15.2. The van der Waals surface area contributed by atoms with Gasteiger partial charge >= 0.3 is 0 Å². The van der Waals surface area contributed by atoms with Gasteiger partial charge in [0.2, 0.25) is 11.9 Å². The van der Waals surface area contributed by atoms with Gasteiger partial charge in [-0.1, -0.05) is 42.1 Å². The summed E-state index contributed by atoms with van der Waals surface area (Å²) < 4.78 is 7.47. The van der Waals surface area contributed by atoms with Crippen LogP contribution in [0.15, 0.2) is 35.5 Å². The molecular weight excluding hydrogens is 350 g/mol. The fourth-order valence-corrected chi connectivity index (χ4v) is 3.72. The predicted octanol–water partition coefficient (Wildman–Crippen LogP) is 1.93. The Morgan fingerprint density at radius 2 is 2.00 bits per heavy atom. The molecule has 26 heavy (non-hydrogen) atoms. The van der Waals surface area contributed by atoms with E-state index in [1.165, 1.54) is 11.8 Å². The summed E-state index contributed by atoms with van der Waals surface area (Å²) in [6, 6.07) is 9.90. The van der Waals surface area contributed by atoms with E-state index < -0.39 is 0 Å². The molecule has 1 saturated heterocycles. The van der Waals surface area contributed by atoms with E-state index in [0.29, 0.717) is 19.8 Å². The summed E-state index contributed by atoms with van der Waals surface area (Å²) in [7, 11) is 0. The third-order valence-corrected chi connectivity index (χ3v) is 5.35. The lowest BCUT2D eigenvalue weighted by molar-refractivity contribution is -0.120. The van der Waals surface area contributed by atoms with Crippen LogP contribution in [0.3, 0.4) is 0 Å². The molecule has 140 valence electrons. The van der Waals surface area contributed by atoms with Crippen molar-refractivity contribution in [3.63, 3.8) is 0 Å². The molecule has 1 aromatic heterocycles. The normalized spacial score (nSPS) is 15.7. The Kier molecular flexibility index (Phi) is 6.51. The summed E-state index contributed by atoms with van der Waals surface area (Å²) in [6.45, 7) is 8.30. The van der Waals surface area contributed by atoms with Crippen LogP contribution in [0.1, 0.15) is 19.4 Å². The van der Waals surface area contributed by atoms with E-state index in [1.807, 2.05) is 37.3 Å². The minimum Gasteiger partial charge on any atom is -0.378 e. The van der Waals surface area contributed by atoms with Crippen molar-refractivity contribution in [2.75, 3.05) is 31.2 Å². The van der Waals surface area contributed by atoms with Gasteiger partial charge in [0.1, 0.15) is 0 Å². The molecule has 7 nitrogen and oxygen atoms in total. The third kappa shape index (κ3) is 4.56. The van der Waals surface area contributed by atoms with E-state index in [1.54, 1.807) is 0 Å². The van der Waals surface area contributed by atoms with Crippen LogP contribution in [0.4, 0.5) is 5.95 Å². The molecular formula is C18H25N5O2S.